The first kappa shape index (κ1) is 13.0. The summed E-state index contributed by atoms with van der Waals surface area (Å²) in [5.74, 6) is 2.04. The Morgan fingerprint density at radius 3 is 2.75 bits per heavy atom. The predicted octanol–water partition coefficient (Wildman–Crippen LogP) is 2.33. The van der Waals surface area contributed by atoms with E-state index in [1.807, 2.05) is 26.0 Å². The zero-order valence-electron chi connectivity index (χ0n) is 9.86. The third kappa shape index (κ3) is 3.85. The Morgan fingerprint density at radius 1 is 1.38 bits per heavy atom. The number of nitrogens with two attached hydrogens (primary N) is 1. The minimum absolute atomic E-state index is 0.522. The molecule has 0 bridgehead atoms. The van der Waals surface area contributed by atoms with Crippen molar-refractivity contribution in [2.45, 2.75) is 26.0 Å². The minimum atomic E-state index is -0.829. The Bertz CT molecular complexity index is 366. The molecule has 2 N–H and O–H groups in total. The summed E-state index contributed by atoms with van der Waals surface area (Å²) in [5, 5.41) is 0. The maximum atomic E-state index is 11.7. The molecule has 0 radical (unpaired) electrons. The summed E-state index contributed by atoms with van der Waals surface area (Å²) in [6, 6.07) is 5.49. The molecule has 0 aliphatic carbocycles. The fourth-order valence-corrected chi connectivity index (χ4v) is 2.65. The average molecular weight is 241 g/mol. The van der Waals surface area contributed by atoms with Gasteiger partial charge in [0.2, 0.25) is 0 Å². The van der Waals surface area contributed by atoms with Crippen LogP contribution in [0.5, 0.6) is 5.75 Å². The van der Waals surface area contributed by atoms with Crippen molar-refractivity contribution in [1.29, 1.82) is 0 Å². The first-order valence-corrected chi connectivity index (χ1v) is 7.02. The Hall–Kier alpha value is -1.03. The molecular weight excluding hydrogens is 222 g/mol. The van der Waals surface area contributed by atoms with E-state index in [0.29, 0.717) is 18.0 Å². The first-order valence-electron chi connectivity index (χ1n) is 5.53. The Morgan fingerprint density at radius 2 is 2.12 bits per heavy atom. The van der Waals surface area contributed by atoms with Gasteiger partial charge in [-0.3, -0.25) is 4.21 Å². The van der Waals surface area contributed by atoms with Crippen LogP contribution in [-0.4, -0.2) is 16.6 Å². The molecule has 1 aromatic rings. The first-order chi connectivity index (χ1) is 7.67. The number of benzene rings is 1. The average Bonchev–Trinajstić information content (AvgIpc) is 2.22. The molecule has 0 aromatic heterocycles. The Kier molecular flexibility index (Phi) is 5.32. The van der Waals surface area contributed by atoms with Gasteiger partial charge in [0.15, 0.2) is 0 Å². The zero-order chi connectivity index (χ0) is 12.0. The topological polar surface area (TPSA) is 52.3 Å². The van der Waals surface area contributed by atoms with E-state index in [1.165, 1.54) is 0 Å². The summed E-state index contributed by atoms with van der Waals surface area (Å²) in [4.78, 5) is 0. The number of hydrogen-bond donors (Lipinski definition) is 1. The highest BCUT2D eigenvalue weighted by Crippen LogP contribution is 2.23. The Labute approximate surface area is 99.4 Å². The monoisotopic (exact) mass is 241 g/mol. The lowest BCUT2D eigenvalue weighted by atomic mass is 10.2. The van der Waals surface area contributed by atoms with E-state index in [-0.39, 0.29) is 0 Å². The molecule has 0 heterocycles. The van der Waals surface area contributed by atoms with E-state index in [2.05, 4.69) is 0 Å². The molecule has 90 valence electrons. The third-order valence-corrected chi connectivity index (χ3v) is 3.63. The predicted molar refractivity (Wildman–Crippen MR) is 69.0 cm³/mol. The van der Waals surface area contributed by atoms with Crippen LogP contribution >= 0.6 is 0 Å². The summed E-state index contributed by atoms with van der Waals surface area (Å²) in [6.07, 6.45) is 0.929. The van der Waals surface area contributed by atoms with Gasteiger partial charge >= 0.3 is 0 Å². The van der Waals surface area contributed by atoms with Crippen molar-refractivity contribution in [3.8, 4) is 5.75 Å². The maximum Gasteiger partial charge on any atom is 0.123 e. The second kappa shape index (κ2) is 6.53. The summed E-state index contributed by atoms with van der Waals surface area (Å²) in [5.41, 5.74) is 7.34. The van der Waals surface area contributed by atoms with E-state index in [9.17, 15) is 4.21 Å². The molecule has 0 saturated heterocycles. The smallest absolute Gasteiger partial charge is 0.123 e. The number of hydrogen-bond acceptors (Lipinski definition) is 3. The van der Waals surface area contributed by atoms with Crippen LogP contribution in [0.4, 0.5) is 5.69 Å². The lowest BCUT2D eigenvalue weighted by Crippen LogP contribution is -2.04. The summed E-state index contributed by atoms with van der Waals surface area (Å²) >= 11 is 0. The van der Waals surface area contributed by atoms with Gasteiger partial charge in [0.05, 0.1) is 12.4 Å². The van der Waals surface area contributed by atoms with E-state index >= 15 is 0 Å². The number of rotatable bonds is 6. The van der Waals surface area contributed by atoms with E-state index in [1.54, 1.807) is 6.07 Å². The van der Waals surface area contributed by atoms with Crippen LogP contribution in [-0.2, 0) is 16.6 Å². The fourth-order valence-electron chi connectivity index (χ4n) is 1.48. The fraction of sp³-hybridized carbons (Fsp3) is 0.500. The highest BCUT2D eigenvalue weighted by Gasteiger charge is 2.07. The molecule has 1 atom stereocenters. The molecule has 1 rings (SSSR count). The standard InChI is InChI=1S/C12H19NO2S/c1-3-7-16(14)9-10-8-11(13)5-6-12(10)15-4-2/h5-6,8H,3-4,7,9,13H2,1-2H3. The molecule has 0 fully saturated rings. The van der Waals surface area contributed by atoms with Crippen LogP contribution in [0.2, 0.25) is 0 Å². The second-order valence-electron chi connectivity index (χ2n) is 3.59. The van der Waals surface area contributed by atoms with Crippen LogP contribution < -0.4 is 10.5 Å². The van der Waals surface area contributed by atoms with Crippen molar-refractivity contribution >= 4 is 16.5 Å². The highest BCUT2D eigenvalue weighted by molar-refractivity contribution is 7.84. The molecule has 0 saturated carbocycles. The molecule has 4 heteroatoms. The molecular formula is C12H19NO2S. The lowest BCUT2D eigenvalue weighted by Gasteiger charge is -2.10. The molecule has 3 nitrogen and oxygen atoms in total. The number of nitrogen functional groups attached to an aromatic ring is 1. The van der Waals surface area contributed by atoms with E-state index in [4.69, 9.17) is 10.5 Å². The van der Waals surface area contributed by atoms with Crippen molar-refractivity contribution in [3.63, 3.8) is 0 Å². The van der Waals surface area contributed by atoms with Crippen LogP contribution in [0.3, 0.4) is 0 Å². The van der Waals surface area contributed by atoms with Gasteiger partial charge in [-0.2, -0.15) is 0 Å². The molecule has 1 aromatic carbocycles. The van der Waals surface area contributed by atoms with Crippen molar-refractivity contribution in [3.05, 3.63) is 23.8 Å². The van der Waals surface area contributed by atoms with Gasteiger partial charge in [0.1, 0.15) is 5.75 Å². The summed E-state index contributed by atoms with van der Waals surface area (Å²) < 4.78 is 17.2. The van der Waals surface area contributed by atoms with Crippen LogP contribution in [0.1, 0.15) is 25.8 Å². The Balaban J connectivity index is 2.82. The van der Waals surface area contributed by atoms with Crippen LogP contribution in [0, 0.1) is 0 Å². The van der Waals surface area contributed by atoms with Gasteiger partial charge in [-0.05, 0) is 31.5 Å². The third-order valence-electron chi connectivity index (χ3n) is 2.13. The normalized spacial score (nSPS) is 12.4. The van der Waals surface area contributed by atoms with Gasteiger partial charge in [-0.15, -0.1) is 0 Å². The summed E-state index contributed by atoms with van der Waals surface area (Å²) in [6.45, 7) is 4.57. The highest BCUT2D eigenvalue weighted by atomic mass is 32.2. The molecule has 0 aliphatic rings. The van der Waals surface area contributed by atoms with Gasteiger partial charge in [0, 0.05) is 27.8 Å². The van der Waals surface area contributed by atoms with Gasteiger partial charge < -0.3 is 10.5 Å². The van der Waals surface area contributed by atoms with Gasteiger partial charge in [0.25, 0.3) is 0 Å². The van der Waals surface area contributed by atoms with Crippen LogP contribution in [0.25, 0.3) is 0 Å². The van der Waals surface area contributed by atoms with Crippen molar-refractivity contribution in [2.24, 2.45) is 0 Å². The maximum absolute atomic E-state index is 11.7. The molecule has 0 aliphatic heterocycles. The molecule has 16 heavy (non-hydrogen) atoms. The second-order valence-corrected chi connectivity index (χ2v) is 5.17. The minimum Gasteiger partial charge on any atom is -0.494 e. The van der Waals surface area contributed by atoms with Gasteiger partial charge in [-0.25, -0.2) is 0 Å². The van der Waals surface area contributed by atoms with Crippen molar-refractivity contribution in [2.75, 3.05) is 18.1 Å². The molecule has 1 unspecified atom stereocenters. The zero-order valence-corrected chi connectivity index (χ0v) is 10.7. The largest absolute Gasteiger partial charge is 0.494 e. The summed E-state index contributed by atoms with van der Waals surface area (Å²) in [7, 11) is -0.829. The lowest BCUT2D eigenvalue weighted by molar-refractivity contribution is 0.337. The van der Waals surface area contributed by atoms with Crippen molar-refractivity contribution < 1.29 is 8.95 Å². The van der Waals surface area contributed by atoms with E-state index < -0.39 is 10.8 Å². The number of ether oxygens (including phenoxy) is 1. The number of anilines is 1. The molecule has 0 spiro atoms. The molecule has 0 amide bonds. The van der Waals surface area contributed by atoms with Gasteiger partial charge in [-0.1, -0.05) is 6.92 Å². The van der Waals surface area contributed by atoms with Crippen molar-refractivity contribution in [1.82, 2.24) is 0 Å². The van der Waals surface area contributed by atoms with Crippen LogP contribution in [0.15, 0.2) is 18.2 Å². The quantitative estimate of drug-likeness (QED) is 0.778. The SMILES string of the molecule is CCCS(=O)Cc1cc(N)ccc1OCC. The van der Waals surface area contributed by atoms with E-state index in [0.717, 1.165) is 23.5 Å².